The van der Waals surface area contributed by atoms with Gasteiger partial charge in [0.05, 0.1) is 12.7 Å². The van der Waals surface area contributed by atoms with E-state index in [2.05, 4.69) is 12.2 Å². The fraction of sp³-hybridized carbons (Fsp3) is 1.00. The first-order valence-electron chi connectivity index (χ1n) is 5.81. The van der Waals surface area contributed by atoms with Gasteiger partial charge in [-0.05, 0) is 13.0 Å². The summed E-state index contributed by atoms with van der Waals surface area (Å²) >= 11 is 0. The van der Waals surface area contributed by atoms with Gasteiger partial charge >= 0.3 is 0 Å². The number of aliphatic hydroxyl groups excluding tert-OH is 2. The van der Waals surface area contributed by atoms with Crippen molar-refractivity contribution in [1.82, 2.24) is 5.32 Å². The zero-order valence-corrected chi connectivity index (χ0v) is 9.34. The highest BCUT2D eigenvalue weighted by atomic mass is 16.3. The molecule has 0 heterocycles. The highest BCUT2D eigenvalue weighted by molar-refractivity contribution is 4.57. The zero-order chi connectivity index (χ0) is 10.6. The van der Waals surface area contributed by atoms with Gasteiger partial charge in [-0.1, -0.05) is 39.0 Å². The fourth-order valence-electron chi connectivity index (χ4n) is 1.36. The molecular formula is C11H25NO2. The van der Waals surface area contributed by atoms with Gasteiger partial charge in [-0.2, -0.15) is 0 Å². The molecule has 0 spiro atoms. The van der Waals surface area contributed by atoms with Crippen LogP contribution < -0.4 is 5.32 Å². The highest BCUT2D eigenvalue weighted by Gasteiger charge is 1.99. The second-order valence-corrected chi connectivity index (χ2v) is 3.81. The van der Waals surface area contributed by atoms with Gasteiger partial charge in [-0.15, -0.1) is 0 Å². The van der Waals surface area contributed by atoms with Gasteiger partial charge in [-0.25, -0.2) is 0 Å². The normalized spacial score (nSPS) is 13.1. The van der Waals surface area contributed by atoms with Gasteiger partial charge < -0.3 is 15.5 Å². The first kappa shape index (κ1) is 13.9. The van der Waals surface area contributed by atoms with Crippen molar-refractivity contribution >= 4 is 0 Å². The number of hydrogen-bond donors (Lipinski definition) is 3. The molecule has 0 rings (SSSR count). The van der Waals surface area contributed by atoms with Crippen LogP contribution in [0.4, 0.5) is 0 Å². The van der Waals surface area contributed by atoms with Crippen molar-refractivity contribution in [2.75, 3.05) is 19.7 Å². The summed E-state index contributed by atoms with van der Waals surface area (Å²) in [6, 6.07) is 0. The van der Waals surface area contributed by atoms with E-state index in [1.54, 1.807) is 0 Å². The Bertz CT molecular complexity index is 109. The summed E-state index contributed by atoms with van der Waals surface area (Å²) < 4.78 is 0. The topological polar surface area (TPSA) is 52.5 Å². The van der Waals surface area contributed by atoms with E-state index in [-0.39, 0.29) is 6.61 Å². The predicted molar refractivity (Wildman–Crippen MR) is 59.3 cm³/mol. The Morgan fingerprint density at radius 1 is 1.07 bits per heavy atom. The number of rotatable bonds is 10. The van der Waals surface area contributed by atoms with E-state index in [0.717, 1.165) is 6.54 Å². The maximum atomic E-state index is 9.02. The molecule has 3 nitrogen and oxygen atoms in total. The van der Waals surface area contributed by atoms with Gasteiger partial charge in [0.1, 0.15) is 0 Å². The Balaban J connectivity index is 2.92. The van der Waals surface area contributed by atoms with Crippen molar-refractivity contribution in [2.45, 2.75) is 51.6 Å². The van der Waals surface area contributed by atoms with Crippen molar-refractivity contribution in [1.29, 1.82) is 0 Å². The van der Waals surface area contributed by atoms with Crippen LogP contribution in [0, 0.1) is 0 Å². The summed E-state index contributed by atoms with van der Waals surface area (Å²) in [6.07, 6.45) is 7.13. The lowest BCUT2D eigenvalue weighted by atomic mass is 10.1. The van der Waals surface area contributed by atoms with Crippen LogP contribution in [0.15, 0.2) is 0 Å². The molecule has 0 aromatic rings. The molecule has 0 aliphatic carbocycles. The third kappa shape index (κ3) is 9.96. The fourth-order valence-corrected chi connectivity index (χ4v) is 1.36. The van der Waals surface area contributed by atoms with Crippen molar-refractivity contribution in [3.05, 3.63) is 0 Å². The Kier molecular flexibility index (Phi) is 10.9. The number of unbranched alkanes of at least 4 members (excludes halogenated alkanes) is 5. The number of aliphatic hydroxyl groups is 2. The van der Waals surface area contributed by atoms with E-state index in [9.17, 15) is 0 Å². The lowest BCUT2D eigenvalue weighted by Gasteiger charge is -2.08. The van der Waals surface area contributed by atoms with Crippen LogP contribution in [0.1, 0.15) is 45.4 Å². The Hall–Kier alpha value is -0.120. The maximum Gasteiger partial charge on any atom is 0.0894 e. The maximum absolute atomic E-state index is 9.02. The summed E-state index contributed by atoms with van der Waals surface area (Å²) in [5, 5.41) is 20.7. The minimum absolute atomic E-state index is 0.149. The molecule has 0 fully saturated rings. The largest absolute Gasteiger partial charge is 0.394 e. The van der Waals surface area contributed by atoms with E-state index >= 15 is 0 Å². The molecule has 0 radical (unpaired) electrons. The van der Waals surface area contributed by atoms with Crippen molar-refractivity contribution in [3.8, 4) is 0 Å². The third-order valence-electron chi connectivity index (χ3n) is 2.30. The van der Waals surface area contributed by atoms with Crippen molar-refractivity contribution < 1.29 is 10.2 Å². The van der Waals surface area contributed by atoms with E-state index in [1.165, 1.54) is 38.5 Å². The molecule has 0 aromatic heterocycles. The van der Waals surface area contributed by atoms with E-state index in [0.29, 0.717) is 6.54 Å². The average molecular weight is 203 g/mol. The monoisotopic (exact) mass is 203 g/mol. The molecule has 1 atom stereocenters. The van der Waals surface area contributed by atoms with Crippen LogP contribution in [0.5, 0.6) is 0 Å². The molecule has 3 N–H and O–H groups in total. The van der Waals surface area contributed by atoms with Gasteiger partial charge in [0.2, 0.25) is 0 Å². The van der Waals surface area contributed by atoms with Crippen LogP contribution in [-0.2, 0) is 0 Å². The zero-order valence-electron chi connectivity index (χ0n) is 9.34. The molecule has 0 amide bonds. The lowest BCUT2D eigenvalue weighted by molar-refractivity contribution is 0.0945. The summed E-state index contributed by atoms with van der Waals surface area (Å²) in [4.78, 5) is 0. The molecule has 3 heteroatoms. The minimum atomic E-state index is -0.602. The first-order valence-corrected chi connectivity index (χ1v) is 5.81. The molecule has 0 aromatic carbocycles. The second kappa shape index (κ2) is 11.0. The average Bonchev–Trinajstić information content (AvgIpc) is 2.21. The molecule has 86 valence electrons. The molecule has 1 unspecified atom stereocenters. The third-order valence-corrected chi connectivity index (χ3v) is 2.30. The van der Waals surface area contributed by atoms with Crippen LogP contribution in [0.3, 0.4) is 0 Å². The molecule has 14 heavy (non-hydrogen) atoms. The van der Waals surface area contributed by atoms with E-state index in [4.69, 9.17) is 10.2 Å². The lowest BCUT2D eigenvalue weighted by Crippen LogP contribution is -2.29. The van der Waals surface area contributed by atoms with Crippen LogP contribution in [0.25, 0.3) is 0 Å². The predicted octanol–water partition coefficient (Wildman–Crippen LogP) is 1.29. The van der Waals surface area contributed by atoms with Crippen molar-refractivity contribution in [2.24, 2.45) is 0 Å². The molecule has 0 saturated heterocycles. The second-order valence-electron chi connectivity index (χ2n) is 3.81. The van der Waals surface area contributed by atoms with Crippen LogP contribution in [0.2, 0.25) is 0 Å². The quantitative estimate of drug-likeness (QED) is 0.469. The summed E-state index contributed by atoms with van der Waals surface area (Å²) in [5.74, 6) is 0. The summed E-state index contributed by atoms with van der Waals surface area (Å²) in [7, 11) is 0. The van der Waals surface area contributed by atoms with E-state index < -0.39 is 6.10 Å². The Morgan fingerprint density at radius 3 is 2.36 bits per heavy atom. The van der Waals surface area contributed by atoms with Crippen LogP contribution in [-0.4, -0.2) is 36.0 Å². The Labute approximate surface area is 87.5 Å². The molecule has 0 bridgehead atoms. The summed E-state index contributed by atoms with van der Waals surface area (Å²) in [5.41, 5.74) is 0. The van der Waals surface area contributed by atoms with Crippen molar-refractivity contribution in [3.63, 3.8) is 0 Å². The van der Waals surface area contributed by atoms with Gasteiger partial charge in [0.15, 0.2) is 0 Å². The Morgan fingerprint density at radius 2 is 1.71 bits per heavy atom. The number of hydrogen-bond acceptors (Lipinski definition) is 3. The molecular weight excluding hydrogens is 178 g/mol. The molecule has 0 aliphatic rings. The summed E-state index contributed by atoms with van der Waals surface area (Å²) in [6.45, 7) is 3.52. The molecule has 0 saturated carbocycles. The number of nitrogens with one attached hydrogen (secondary N) is 1. The van der Waals surface area contributed by atoms with Gasteiger partial charge in [-0.3, -0.25) is 0 Å². The molecule has 0 aliphatic heterocycles. The minimum Gasteiger partial charge on any atom is -0.394 e. The smallest absolute Gasteiger partial charge is 0.0894 e. The van der Waals surface area contributed by atoms with Gasteiger partial charge in [0, 0.05) is 6.54 Å². The van der Waals surface area contributed by atoms with E-state index in [1.807, 2.05) is 0 Å². The highest BCUT2D eigenvalue weighted by Crippen LogP contribution is 2.03. The SMILES string of the molecule is CCCCCCCCNCC(O)CO. The first-order chi connectivity index (χ1) is 6.81. The van der Waals surface area contributed by atoms with Gasteiger partial charge in [0.25, 0.3) is 0 Å². The van der Waals surface area contributed by atoms with Crippen LogP contribution >= 0.6 is 0 Å². The standard InChI is InChI=1S/C11H25NO2/c1-2-3-4-5-6-7-8-12-9-11(14)10-13/h11-14H,2-10H2,1H3.